The van der Waals surface area contributed by atoms with Gasteiger partial charge in [0.1, 0.15) is 0 Å². The molecule has 0 amide bonds. The third-order valence-corrected chi connectivity index (χ3v) is 2.67. The summed E-state index contributed by atoms with van der Waals surface area (Å²) in [5, 5.41) is 10.4. The average Bonchev–Trinajstić information content (AvgIpc) is 2.64. The molecule has 0 saturated heterocycles. The van der Waals surface area contributed by atoms with Gasteiger partial charge < -0.3 is 15.6 Å². The smallest absolute Gasteiger partial charge is 0.338 e. The van der Waals surface area contributed by atoms with Crippen molar-refractivity contribution in [2.75, 3.05) is 13.7 Å². The Kier molecular flexibility index (Phi) is 3.41. The van der Waals surface area contributed by atoms with E-state index in [4.69, 9.17) is 10.8 Å². The minimum absolute atomic E-state index is 0.124. The first-order chi connectivity index (χ1) is 6.19. The summed E-state index contributed by atoms with van der Waals surface area (Å²) >= 11 is 1.34. The lowest BCUT2D eigenvalue weighted by Crippen LogP contribution is -2.12. The maximum absolute atomic E-state index is 11.0. The van der Waals surface area contributed by atoms with Gasteiger partial charge in [0.15, 0.2) is 0 Å². The molecule has 1 aromatic heterocycles. The van der Waals surface area contributed by atoms with Crippen molar-refractivity contribution in [3.8, 4) is 0 Å². The highest BCUT2D eigenvalue weighted by atomic mass is 32.1. The van der Waals surface area contributed by atoms with E-state index in [1.807, 2.05) is 0 Å². The lowest BCUT2D eigenvalue weighted by Gasteiger charge is -2.02. The highest BCUT2D eigenvalue weighted by molar-refractivity contribution is 7.10. The Balaban J connectivity index is 2.80. The van der Waals surface area contributed by atoms with E-state index in [0.29, 0.717) is 5.56 Å². The fourth-order valence-electron chi connectivity index (χ4n) is 0.862. The molecule has 0 unspecified atom stereocenters. The quantitative estimate of drug-likeness (QED) is 0.699. The predicted molar refractivity (Wildman–Crippen MR) is 49.7 cm³/mol. The lowest BCUT2D eigenvalue weighted by atomic mass is 10.2. The number of carbonyl (C=O) groups is 1. The summed E-state index contributed by atoms with van der Waals surface area (Å²) in [4.78, 5) is 11.8. The molecule has 1 atom stereocenters. The van der Waals surface area contributed by atoms with Crippen LogP contribution in [0.1, 0.15) is 21.3 Å². The molecule has 3 N–H and O–H groups in total. The van der Waals surface area contributed by atoms with Crippen LogP contribution in [0, 0.1) is 0 Å². The molecule has 1 heterocycles. The number of thiophene rings is 1. The van der Waals surface area contributed by atoms with Gasteiger partial charge in [0, 0.05) is 10.3 Å². The molecular formula is C8H11NO3S. The van der Waals surface area contributed by atoms with Crippen molar-refractivity contribution in [2.45, 2.75) is 6.04 Å². The summed E-state index contributed by atoms with van der Waals surface area (Å²) < 4.78 is 4.53. The van der Waals surface area contributed by atoms with Crippen LogP contribution >= 0.6 is 11.3 Å². The van der Waals surface area contributed by atoms with Gasteiger partial charge in [-0.25, -0.2) is 4.79 Å². The summed E-state index contributed by atoms with van der Waals surface area (Å²) in [6.07, 6.45) is 0. The molecule has 72 valence electrons. The Morgan fingerprint density at radius 3 is 3.08 bits per heavy atom. The molecule has 0 spiro atoms. The molecule has 0 aromatic carbocycles. The van der Waals surface area contributed by atoms with Crippen molar-refractivity contribution in [3.63, 3.8) is 0 Å². The van der Waals surface area contributed by atoms with Gasteiger partial charge in [-0.3, -0.25) is 0 Å². The van der Waals surface area contributed by atoms with Crippen LogP contribution in [0.15, 0.2) is 11.4 Å². The monoisotopic (exact) mass is 201 g/mol. The van der Waals surface area contributed by atoms with Crippen molar-refractivity contribution in [1.29, 1.82) is 0 Å². The molecule has 0 saturated carbocycles. The van der Waals surface area contributed by atoms with E-state index in [0.717, 1.165) is 4.88 Å². The van der Waals surface area contributed by atoms with Gasteiger partial charge in [-0.2, -0.15) is 0 Å². The Bertz CT molecular complexity index is 297. The van der Waals surface area contributed by atoms with Gasteiger partial charge in [0.2, 0.25) is 0 Å². The lowest BCUT2D eigenvalue weighted by molar-refractivity contribution is 0.0601. The minimum atomic E-state index is -0.414. The molecule has 1 aromatic rings. The van der Waals surface area contributed by atoms with E-state index in [1.165, 1.54) is 18.4 Å². The van der Waals surface area contributed by atoms with Crippen molar-refractivity contribution in [3.05, 3.63) is 21.9 Å². The van der Waals surface area contributed by atoms with Crippen LogP contribution in [0.3, 0.4) is 0 Å². The van der Waals surface area contributed by atoms with Crippen LogP contribution in [0.5, 0.6) is 0 Å². The van der Waals surface area contributed by atoms with Gasteiger partial charge in [-0.05, 0) is 6.07 Å². The number of carbonyl (C=O) groups excluding carboxylic acids is 1. The molecule has 0 aliphatic carbocycles. The van der Waals surface area contributed by atoms with Gasteiger partial charge in [0.05, 0.1) is 25.3 Å². The van der Waals surface area contributed by atoms with Crippen LogP contribution in [-0.4, -0.2) is 24.8 Å². The second kappa shape index (κ2) is 4.36. The minimum Gasteiger partial charge on any atom is -0.465 e. The normalized spacial score (nSPS) is 12.5. The van der Waals surface area contributed by atoms with E-state index in [1.54, 1.807) is 11.4 Å². The number of hydrogen-bond acceptors (Lipinski definition) is 5. The zero-order valence-electron chi connectivity index (χ0n) is 7.19. The van der Waals surface area contributed by atoms with E-state index >= 15 is 0 Å². The standard InChI is InChI=1S/C8H11NO3S/c1-12-8(11)5-2-7(13-4-5)6(9)3-10/h2,4,6,10H,3,9H2,1H3/t6-/m1/s1. The Morgan fingerprint density at radius 2 is 2.54 bits per heavy atom. The molecule has 4 nitrogen and oxygen atoms in total. The van der Waals surface area contributed by atoms with Crippen molar-refractivity contribution >= 4 is 17.3 Å². The molecule has 0 radical (unpaired) electrons. The van der Waals surface area contributed by atoms with Crippen molar-refractivity contribution in [1.82, 2.24) is 0 Å². The Morgan fingerprint density at radius 1 is 1.85 bits per heavy atom. The summed E-state index contributed by atoms with van der Waals surface area (Å²) in [7, 11) is 1.33. The fraction of sp³-hybridized carbons (Fsp3) is 0.375. The van der Waals surface area contributed by atoms with Crippen LogP contribution in [0.4, 0.5) is 0 Å². The molecule has 5 heteroatoms. The molecule has 0 bridgehead atoms. The molecule has 0 aliphatic heterocycles. The molecule has 1 rings (SSSR count). The van der Waals surface area contributed by atoms with E-state index < -0.39 is 6.04 Å². The molecule has 0 fully saturated rings. The van der Waals surface area contributed by atoms with Gasteiger partial charge in [0.25, 0.3) is 0 Å². The van der Waals surface area contributed by atoms with Crippen molar-refractivity contribution in [2.24, 2.45) is 5.73 Å². The van der Waals surface area contributed by atoms with Crippen LogP contribution < -0.4 is 5.73 Å². The maximum Gasteiger partial charge on any atom is 0.338 e. The topological polar surface area (TPSA) is 72.5 Å². The summed E-state index contributed by atoms with van der Waals surface area (Å²) in [5.41, 5.74) is 6.04. The van der Waals surface area contributed by atoms with Gasteiger partial charge in [-0.1, -0.05) is 0 Å². The average molecular weight is 201 g/mol. The van der Waals surface area contributed by atoms with Gasteiger partial charge >= 0.3 is 5.97 Å². The summed E-state index contributed by atoms with van der Waals surface area (Å²) in [6.45, 7) is -0.124. The number of esters is 1. The SMILES string of the molecule is COC(=O)c1csc([C@H](N)CO)c1. The van der Waals surface area contributed by atoms with E-state index in [-0.39, 0.29) is 12.6 Å². The molecular weight excluding hydrogens is 190 g/mol. The summed E-state index contributed by atoms with van der Waals surface area (Å²) in [6, 6.07) is 1.22. The second-order valence-electron chi connectivity index (χ2n) is 2.52. The van der Waals surface area contributed by atoms with Crippen LogP contribution in [0.25, 0.3) is 0 Å². The van der Waals surface area contributed by atoms with Crippen molar-refractivity contribution < 1.29 is 14.6 Å². The Hall–Kier alpha value is -0.910. The number of aliphatic hydroxyl groups is 1. The largest absolute Gasteiger partial charge is 0.465 e. The highest BCUT2D eigenvalue weighted by Crippen LogP contribution is 2.20. The number of ether oxygens (including phenoxy) is 1. The van der Waals surface area contributed by atoms with Crippen LogP contribution in [-0.2, 0) is 4.74 Å². The zero-order valence-corrected chi connectivity index (χ0v) is 8.00. The number of rotatable bonds is 3. The number of hydrogen-bond donors (Lipinski definition) is 2. The number of methoxy groups -OCH3 is 1. The van der Waals surface area contributed by atoms with Gasteiger partial charge in [-0.15, -0.1) is 11.3 Å². The van der Waals surface area contributed by atoms with Crippen LogP contribution in [0.2, 0.25) is 0 Å². The summed E-state index contributed by atoms with van der Waals surface area (Å²) in [5.74, 6) is -0.382. The third kappa shape index (κ3) is 2.27. The second-order valence-corrected chi connectivity index (χ2v) is 3.46. The number of aliphatic hydroxyl groups excluding tert-OH is 1. The highest BCUT2D eigenvalue weighted by Gasteiger charge is 2.12. The van der Waals surface area contributed by atoms with E-state index in [2.05, 4.69) is 4.74 Å². The first-order valence-corrected chi connectivity index (χ1v) is 4.60. The first kappa shape index (κ1) is 10.2. The number of nitrogens with two attached hydrogens (primary N) is 1. The maximum atomic E-state index is 11.0. The zero-order chi connectivity index (χ0) is 9.84. The fourth-order valence-corrected chi connectivity index (χ4v) is 1.73. The predicted octanol–water partition coefficient (Wildman–Crippen LogP) is 0.527. The molecule has 13 heavy (non-hydrogen) atoms. The molecule has 0 aliphatic rings. The van der Waals surface area contributed by atoms with E-state index in [9.17, 15) is 4.79 Å². The first-order valence-electron chi connectivity index (χ1n) is 3.72. The Labute approximate surface area is 79.9 Å². The third-order valence-electron chi connectivity index (χ3n) is 1.60.